The first-order chi connectivity index (χ1) is 16.3. The smallest absolute Gasteiger partial charge is 0.242 e. The van der Waals surface area contributed by atoms with Crippen LogP contribution in [0.1, 0.15) is 49.4 Å². The number of hydrogen-bond donors (Lipinski definition) is 1. The van der Waals surface area contributed by atoms with Gasteiger partial charge in [0.2, 0.25) is 11.8 Å². The molecule has 0 aromatic heterocycles. The second-order valence-corrected chi connectivity index (χ2v) is 9.77. The zero-order chi connectivity index (χ0) is 24.6. The summed E-state index contributed by atoms with van der Waals surface area (Å²) in [5, 5.41) is 2.77. The average Bonchev–Trinajstić information content (AvgIpc) is 2.85. The number of carbonyl (C=O) groups excluding carboxylic acids is 2. The van der Waals surface area contributed by atoms with Gasteiger partial charge in [0.15, 0.2) is 0 Å². The maximum Gasteiger partial charge on any atom is 0.242 e. The van der Waals surface area contributed by atoms with Crippen molar-refractivity contribution in [3.05, 3.63) is 107 Å². The first kappa shape index (κ1) is 25.2. The molecule has 34 heavy (non-hydrogen) atoms. The number of amides is 2. The van der Waals surface area contributed by atoms with Gasteiger partial charge < -0.3 is 10.2 Å². The number of aryl methyl sites for hydroxylation is 1. The van der Waals surface area contributed by atoms with Crippen LogP contribution in [0, 0.1) is 0 Å². The lowest BCUT2D eigenvalue weighted by molar-refractivity contribution is -0.141. The van der Waals surface area contributed by atoms with Crippen LogP contribution in [0.2, 0.25) is 0 Å². The van der Waals surface area contributed by atoms with Gasteiger partial charge in [-0.2, -0.15) is 0 Å². The van der Waals surface area contributed by atoms with Gasteiger partial charge in [0.05, 0.1) is 0 Å². The molecule has 2 amide bonds. The lowest BCUT2D eigenvalue weighted by atomic mass is 9.86. The van der Waals surface area contributed by atoms with Gasteiger partial charge in [-0.05, 0) is 34.1 Å². The van der Waals surface area contributed by atoms with Crippen LogP contribution in [0.4, 0.5) is 0 Å². The van der Waals surface area contributed by atoms with Crippen LogP contribution in [0.3, 0.4) is 0 Å². The number of nitrogens with one attached hydrogen (secondary N) is 1. The highest BCUT2D eigenvalue weighted by Gasteiger charge is 2.29. The predicted octanol–water partition coefficient (Wildman–Crippen LogP) is 5.30. The Balaban J connectivity index is 1.81. The number of likely N-dealkylation sites (N-methyl/N-ethyl adjacent to an activating group) is 1. The fraction of sp³-hybridized carbons (Fsp3) is 0.333. The Kier molecular flexibility index (Phi) is 8.64. The molecule has 0 unspecified atom stereocenters. The molecule has 3 aromatic rings. The summed E-state index contributed by atoms with van der Waals surface area (Å²) in [5.74, 6) is -0.170. The molecule has 4 nitrogen and oxygen atoms in total. The van der Waals surface area contributed by atoms with E-state index in [-0.39, 0.29) is 17.2 Å². The molecule has 0 fully saturated rings. The Labute approximate surface area is 204 Å². The van der Waals surface area contributed by atoms with E-state index in [1.807, 2.05) is 60.7 Å². The second-order valence-electron chi connectivity index (χ2n) is 9.77. The van der Waals surface area contributed by atoms with Crippen molar-refractivity contribution in [2.24, 2.45) is 0 Å². The summed E-state index contributed by atoms with van der Waals surface area (Å²) >= 11 is 0. The monoisotopic (exact) mass is 456 g/mol. The molecule has 1 atom stereocenters. The fourth-order valence-corrected chi connectivity index (χ4v) is 4.07. The molecular weight excluding hydrogens is 420 g/mol. The van der Waals surface area contributed by atoms with Gasteiger partial charge >= 0.3 is 0 Å². The summed E-state index contributed by atoms with van der Waals surface area (Å²) < 4.78 is 0. The van der Waals surface area contributed by atoms with E-state index < -0.39 is 6.04 Å². The molecule has 3 rings (SSSR count). The Hall–Kier alpha value is -3.40. The summed E-state index contributed by atoms with van der Waals surface area (Å²) in [6.07, 6.45) is 1.46. The lowest BCUT2D eigenvalue weighted by Gasteiger charge is -2.31. The van der Waals surface area contributed by atoms with Crippen molar-refractivity contribution in [2.45, 2.75) is 58.0 Å². The first-order valence-corrected chi connectivity index (χ1v) is 12.0. The highest BCUT2D eigenvalue weighted by atomic mass is 16.2. The standard InChI is InChI=1S/C30H36N2O2/c1-30(2,3)26-18-15-23(16-19-26)17-20-28(33)32(22-25-13-9-6-10-14-25)27(29(34)31-4)21-24-11-7-5-8-12-24/h5-16,18-19,27H,17,20-22H2,1-4H3,(H,31,34)/t27-/m1/s1. The van der Waals surface area contributed by atoms with Gasteiger partial charge in [-0.25, -0.2) is 0 Å². The minimum atomic E-state index is -0.580. The Morgan fingerprint density at radius 2 is 1.35 bits per heavy atom. The van der Waals surface area contributed by atoms with Crippen LogP contribution in [0.5, 0.6) is 0 Å². The number of hydrogen-bond acceptors (Lipinski definition) is 2. The quantitative estimate of drug-likeness (QED) is 0.475. The molecule has 0 heterocycles. The van der Waals surface area contributed by atoms with Crippen molar-refractivity contribution in [1.82, 2.24) is 10.2 Å². The molecule has 0 bridgehead atoms. The fourth-order valence-electron chi connectivity index (χ4n) is 4.07. The molecule has 0 spiro atoms. The molecule has 4 heteroatoms. The van der Waals surface area contributed by atoms with Crippen LogP contribution < -0.4 is 5.32 Å². The van der Waals surface area contributed by atoms with E-state index in [0.29, 0.717) is 25.8 Å². The topological polar surface area (TPSA) is 49.4 Å². The van der Waals surface area contributed by atoms with E-state index >= 15 is 0 Å². The highest BCUT2D eigenvalue weighted by Crippen LogP contribution is 2.23. The molecule has 3 aromatic carbocycles. The van der Waals surface area contributed by atoms with E-state index in [9.17, 15) is 9.59 Å². The molecule has 0 aliphatic heterocycles. The van der Waals surface area contributed by atoms with E-state index in [4.69, 9.17) is 0 Å². The van der Waals surface area contributed by atoms with Gasteiger partial charge in [0.1, 0.15) is 6.04 Å². The molecule has 0 aliphatic carbocycles. The van der Waals surface area contributed by atoms with Crippen molar-refractivity contribution in [2.75, 3.05) is 7.05 Å². The first-order valence-electron chi connectivity index (χ1n) is 12.0. The van der Waals surface area contributed by atoms with Gasteiger partial charge in [-0.3, -0.25) is 9.59 Å². The zero-order valence-corrected chi connectivity index (χ0v) is 20.8. The SMILES string of the molecule is CNC(=O)[C@@H](Cc1ccccc1)N(Cc1ccccc1)C(=O)CCc1ccc(C(C)(C)C)cc1. The van der Waals surface area contributed by atoms with Gasteiger partial charge in [0, 0.05) is 26.4 Å². The van der Waals surface area contributed by atoms with Crippen molar-refractivity contribution in [3.8, 4) is 0 Å². The number of carbonyl (C=O) groups is 2. The zero-order valence-electron chi connectivity index (χ0n) is 20.8. The van der Waals surface area contributed by atoms with Gasteiger partial charge in [-0.15, -0.1) is 0 Å². The van der Waals surface area contributed by atoms with Gasteiger partial charge in [0.25, 0.3) is 0 Å². The predicted molar refractivity (Wildman–Crippen MR) is 138 cm³/mol. The van der Waals surface area contributed by atoms with Crippen LogP contribution >= 0.6 is 0 Å². The molecule has 0 aliphatic rings. The molecule has 1 N–H and O–H groups in total. The minimum Gasteiger partial charge on any atom is -0.357 e. The van der Waals surface area contributed by atoms with Crippen molar-refractivity contribution in [1.29, 1.82) is 0 Å². The van der Waals surface area contributed by atoms with Crippen LogP contribution in [0.25, 0.3) is 0 Å². The summed E-state index contributed by atoms with van der Waals surface area (Å²) in [5.41, 5.74) is 4.53. The maximum atomic E-state index is 13.5. The maximum absolute atomic E-state index is 13.5. The van der Waals surface area contributed by atoms with Crippen molar-refractivity contribution in [3.63, 3.8) is 0 Å². The summed E-state index contributed by atoms with van der Waals surface area (Å²) in [7, 11) is 1.63. The van der Waals surface area contributed by atoms with Crippen molar-refractivity contribution < 1.29 is 9.59 Å². The van der Waals surface area contributed by atoms with Crippen molar-refractivity contribution >= 4 is 11.8 Å². The number of nitrogens with zero attached hydrogens (tertiary/aromatic N) is 1. The Bertz CT molecular complexity index is 1050. The third-order valence-electron chi connectivity index (χ3n) is 6.16. The molecular formula is C30H36N2O2. The van der Waals surface area contributed by atoms with Crippen LogP contribution in [0.15, 0.2) is 84.9 Å². The Morgan fingerprint density at radius 3 is 1.88 bits per heavy atom. The average molecular weight is 457 g/mol. The van der Waals surface area contributed by atoms with Gasteiger partial charge in [-0.1, -0.05) is 106 Å². The minimum absolute atomic E-state index is 0.0201. The van der Waals surface area contributed by atoms with Crippen LogP contribution in [-0.4, -0.2) is 29.8 Å². The van der Waals surface area contributed by atoms with E-state index in [0.717, 1.165) is 16.7 Å². The third-order valence-corrected chi connectivity index (χ3v) is 6.16. The van der Waals surface area contributed by atoms with E-state index in [2.05, 4.69) is 50.4 Å². The largest absolute Gasteiger partial charge is 0.357 e. The lowest BCUT2D eigenvalue weighted by Crippen LogP contribution is -2.49. The summed E-state index contributed by atoms with van der Waals surface area (Å²) in [6, 6.07) is 27.7. The summed E-state index contributed by atoms with van der Waals surface area (Å²) in [4.78, 5) is 28.2. The normalized spacial score (nSPS) is 12.1. The molecule has 178 valence electrons. The summed E-state index contributed by atoms with van der Waals surface area (Å²) in [6.45, 7) is 6.98. The molecule has 0 saturated heterocycles. The van der Waals surface area contributed by atoms with E-state index in [1.165, 1.54) is 5.56 Å². The highest BCUT2D eigenvalue weighted by molar-refractivity contribution is 5.88. The number of rotatable bonds is 9. The second kappa shape index (κ2) is 11.6. The molecule has 0 radical (unpaired) electrons. The molecule has 0 saturated carbocycles. The number of benzene rings is 3. The van der Waals surface area contributed by atoms with Crippen LogP contribution in [-0.2, 0) is 34.4 Å². The third kappa shape index (κ3) is 7.05. The Morgan fingerprint density at radius 1 is 0.794 bits per heavy atom. The van der Waals surface area contributed by atoms with E-state index in [1.54, 1.807) is 11.9 Å².